The van der Waals surface area contributed by atoms with Gasteiger partial charge in [-0.05, 0) is 49.2 Å². The first-order valence-electron chi connectivity index (χ1n) is 7.22. The molecular weight excluding hydrogens is 274 g/mol. The quantitative estimate of drug-likeness (QED) is 0.679. The lowest BCUT2D eigenvalue weighted by Crippen LogP contribution is -2.05. The topological polar surface area (TPSA) is 39.2 Å². The molecule has 1 heterocycles. The van der Waals surface area contributed by atoms with Crippen LogP contribution in [0.2, 0.25) is 0 Å². The predicted molar refractivity (Wildman–Crippen MR) is 86.8 cm³/mol. The molecule has 2 aromatic carbocycles. The zero-order valence-corrected chi connectivity index (χ0v) is 12.7. The van der Waals surface area contributed by atoms with Gasteiger partial charge in [-0.2, -0.15) is 0 Å². The van der Waals surface area contributed by atoms with Gasteiger partial charge in [0.15, 0.2) is 0 Å². The highest BCUT2D eigenvalue weighted by Gasteiger charge is 2.10. The summed E-state index contributed by atoms with van der Waals surface area (Å²) >= 11 is 0. The molecule has 0 atom stereocenters. The van der Waals surface area contributed by atoms with Gasteiger partial charge in [0.1, 0.15) is 6.61 Å². The van der Waals surface area contributed by atoms with Crippen molar-refractivity contribution in [2.45, 2.75) is 20.5 Å². The summed E-state index contributed by atoms with van der Waals surface area (Å²) in [6.07, 6.45) is 0. The molecule has 0 amide bonds. The Morgan fingerprint density at radius 1 is 1.05 bits per heavy atom. The number of carbonyl (C=O) groups excluding carboxylic acids is 1. The van der Waals surface area contributed by atoms with Gasteiger partial charge in [0.05, 0.1) is 11.1 Å². The fourth-order valence-corrected chi connectivity index (χ4v) is 2.50. The minimum absolute atomic E-state index is 0.281. The second-order valence-electron chi connectivity index (χ2n) is 5.37. The van der Waals surface area contributed by atoms with E-state index in [0.29, 0.717) is 5.56 Å². The Kier molecular flexibility index (Phi) is 3.88. The van der Waals surface area contributed by atoms with Gasteiger partial charge >= 0.3 is 5.97 Å². The van der Waals surface area contributed by atoms with Crippen molar-refractivity contribution in [2.24, 2.45) is 0 Å². The summed E-state index contributed by atoms with van der Waals surface area (Å²) in [7, 11) is 0. The number of esters is 1. The zero-order valence-electron chi connectivity index (χ0n) is 12.7. The van der Waals surface area contributed by atoms with Gasteiger partial charge in [-0.1, -0.05) is 30.3 Å². The van der Waals surface area contributed by atoms with Crippen LogP contribution in [0.1, 0.15) is 27.2 Å². The molecule has 0 aliphatic carbocycles. The fourth-order valence-electron chi connectivity index (χ4n) is 2.50. The number of aromatic nitrogens is 1. The number of fused-ring (bicyclic) bond motifs is 1. The molecule has 3 heteroatoms. The largest absolute Gasteiger partial charge is 0.457 e. The maximum absolute atomic E-state index is 12.2. The van der Waals surface area contributed by atoms with Crippen LogP contribution in [0, 0.1) is 13.8 Å². The summed E-state index contributed by atoms with van der Waals surface area (Å²) in [6.45, 7) is 4.27. The van der Waals surface area contributed by atoms with Gasteiger partial charge < -0.3 is 4.74 Å². The average Bonchev–Trinajstić information content (AvgIpc) is 2.53. The molecule has 0 spiro atoms. The van der Waals surface area contributed by atoms with Crippen molar-refractivity contribution < 1.29 is 9.53 Å². The Morgan fingerprint density at radius 3 is 2.59 bits per heavy atom. The minimum atomic E-state index is -0.314. The van der Waals surface area contributed by atoms with Crippen molar-refractivity contribution in [3.8, 4) is 0 Å². The van der Waals surface area contributed by atoms with E-state index in [1.165, 1.54) is 0 Å². The van der Waals surface area contributed by atoms with Gasteiger partial charge in [0, 0.05) is 11.1 Å². The zero-order chi connectivity index (χ0) is 15.5. The number of hydrogen-bond donors (Lipinski definition) is 0. The monoisotopic (exact) mass is 291 g/mol. The summed E-state index contributed by atoms with van der Waals surface area (Å²) in [4.78, 5) is 16.7. The molecule has 110 valence electrons. The second-order valence-corrected chi connectivity index (χ2v) is 5.37. The first kappa shape index (κ1) is 14.3. The SMILES string of the molecule is Cc1cc(C)c2cc(C(=O)OCc3ccccc3)ccc2n1. The van der Waals surface area contributed by atoms with Crippen LogP contribution in [0.25, 0.3) is 10.9 Å². The van der Waals surface area contributed by atoms with E-state index in [2.05, 4.69) is 4.98 Å². The van der Waals surface area contributed by atoms with Crippen LogP contribution in [0.15, 0.2) is 54.6 Å². The van der Waals surface area contributed by atoms with E-state index >= 15 is 0 Å². The van der Waals surface area contributed by atoms with E-state index in [-0.39, 0.29) is 12.6 Å². The molecule has 0 aliphatic rings. The van der Waals surface area contributed by atoms with Crippen molar-refractivity contribution in [1.29, 1.82) is 0 Å². The summed E-state index contributed by atoms with van der Waals surface area (Å²) in [5.74, 6) is -0.314. The van der Waals surface area contributed by atoms with Crippen LogP contribution >= 0.6 is 0 Å². The van der Waals surface area contributed by atoms with Gasteiger partial charge in [0.2, 0.25) is 0 Å². The third kappa shape index (κ3) is 2.98. The normalized spacial score (nSPS) is 10.6. The molecular formula is C19H17NO2. The highest BCUT2D eigenvalue weighted by atomic mass is 16.5. The van der Waals surface area contributed by atoms with Gasteiger partial charge in [-0.25, -0.2) is 4.79 Å². The third-order valence-corrected chi connectivity index (χ3v) is 3.59. The van der Waals surface area contributed by atoms with Crippen molar-refractivity contribution in [1.82, 2.24) is 4.98 Å². The molecule has 1 aromatic heterocycles. The smallest absolute Gasteiger partial charge is 0.338 e. The van der Waals surface area contributed by atoms with Crippen LogP contribution < -0.4 is 0 Å². The van der Waals surface area contributed by atoms with E-state index in [9.17, 15) is 4.79 Å². The van der Waals surface area contributed by atoms with Crippen LogP contribution in [0.5, 0.6) is 0 Å². The second kappa shape index (κ2) is 5.98. The molecule has 0 aliphatic heterocycles. The minimum Gasteiger partial charge on any atom is -0.457 e. The molecule has 0 saturated carbocycles. The molecule has 3 nitrogen and oxygen atoms in total. The molecule has 0 saturated heterocycles. The van der Waals surface area contributed by atoms with E-state index in [1.54, 1.807) is 6.07 Å². The van der Waals surface area contributed by atoms with Crippen LogP contribution in [-0.2, 0) is 11.3 Å². The highest BCUT2D eigenvalue weighted by Crippen LogP contribution is 2.20. The molecule has 3 rings (SSSR count). The van der Waals surface area contributed by atoms with E-state index in [1.807, 2.05) is 62.4 Å². The molecule has 0 fully saturated rings. The van der Waals surface area contributed by atoms with Gasteiger partial charge in [0.25, 0.3) is 0 Å². The Balaban J connectivity index is 1.82. The average molecular weight is 291 g/mol. The van der Waals surface area contributed by atoms with Crippen LogP contribution in [0.3, 0.4) is 0 Å². The number of nitrogens with zero attached hydrogens (tertiary/aromatic N) is 1. The van der Waals surface area contributed by atoms with Crippen molar-refractivity contribution >= 4 is 16.9 Å². The lowest BCUT2D eigenvalue weighted by Gasteiger charge is -2.08. The number of carbonyl (C=O) groups is 1. The summed E-state index contributed by atoms with van der Waals surface area (Å²) in [5.41, 5.74) is 4.52. The van der Waals surface area contributed by atoms with Gasteiger partial charge in [-0.15, -0.1) is 0 Å². The lowest BCUT2D eigenvalue weighted by atomic mass is 10.1. The first-order chi connectivity index (χ1) is 10.6. The Hall–Kier alpha value is -2.68. The summed E-state index contributed by atoms with van der Waals surface area (Å²) in [6, 6.07) is 17.2. The Bertz CT molecular complexity index is 825. The van der Waals surface area contributed by atoms with E-state index < -0.39 is 0 Å². The lowest BCUT2D eigenvalue weighted by molar-refractivity contribution is 0.0473. The number of benzene rings is 2. The molecule has 22 heavy (non-hydrogen) atoms. The Labute approximate surface area is 129 Å². The number of rotatable bonds is 3. The highest BCUT2D eigenvalue weighted by molar-refractivity contribution is 5.95. The summed E-state index contributed by atoms with van der Waals surface area (Å²) < 4.78 is 5.37. The fraction of sp³-hybridized carbons (Fsp3) is 0.158. The van der Waals surface area contributed by atoms with E-state index in [4.69, 9.17) is 4.74 Å². The van der Waals surface area contributed by atoms with E-state index in [0.717, 1.165) is 27.7 Å². The number of ether oxygens (including phenoxy) is 1. The summed E-state index contributed by atoms with van der Waals surface area (Å²) in [5, 5.41) is 0.986. The van der Waals surface area contributed by atoms with Crippen molar-refractivity contribution in [2.75, 3.05) is 0 Å². The number of hydrogen-bond acceptors (Lipinski definition) is 3. The number of pyridine rings is 1. The van der Waals surface area contributed by atoms with Gasteiger partial charge in [-0.3, -0.25) is 4.98 Å². The van der Waals surface area contributed by atoms with Crippen LogP contribution in [0.4, 0.5) is 0 Å². The first-order valence-corrected chi connectivity index (χ1v) is 7.22. The van der Waals surface area contributed by atoms with Crippen LogP contribution in [-0.4, -0.2) is 11.0 Å². The Morgan fingerprint density at radius 2 is 1.82 bits per heavy atom. The maximum atomic E-state index is 12.2. The van der Waals surface area contributed by atoms with Crippen molar-refractivity contribution in [3.63, 3.8) is 0 Å². The third-order valence-electron chi connectivity index (χ3n) is 3.59. The molecule has 0 N–H and O–H groups in total. The van der Waals surface area contributed by atoms with Crippen molar-refractivity contribution in [3.05, 3.63) is 77.0 Å². The molecule has 3 aromatic rings. The predicted octanol–water partition coefficient (Wildman–Crippen LogP) is 4.21. The standard InChI is InChI=1S/C19H17NO2/c1-13-10-14(2)20-18-9-8-16(11-17(13)18)19(21)22-12-15-6-4-3-5-7-15/h3-11H,12H2,1-2H3. The molecule has 0 unspecified atom stereocenters. The molecule has 0 radical (unpaired) electrons. The number of aryl methyl sites for hydroxylation is 2. The maximum Gasteiger partial charge on any atom is 0.338 e. The molecule has 0 bridgehead atoms.